The highest BCUT2D eigenvalue weighted by Crippen LogP contribution is 2.31. The van der Waals surface area contributed by atoms with Crippen LogP contribution in [0.4, 0.5) is 5.69 Å². The van der Waals surface area contributed by atoms with Crippen molar-refractivity contribution in [3.63, 3.8) is 0 Å². The van der Waals surface area contributed by atoms with E-state index in [0.29, 0.717) is 21.8 Å². The lowest BCUT2D eigenvalue weighted by Gasteiger charge is -2.29. The molecule has 0 unspecified atom stereocenters. The molecule has 3 rings (SSSR count). The van der Waals surface area contributed by atoms with Crippen LogP contribution in [0, 0.1) is 0 Å². The van der Waals surface area contributed by atoms with Crippen LogP contribution in [0.1, 0.15) is 21.8 Å². The predicted octanol–water partition coefficient (Wildman–Crippen LogP) is 3.33. The van der Waals surface area contributed by atoms with Crippen LogP contribution in [0.25, 0.3) is 0 Å². The van der Waals surface area contributed by atoms with Gasteiger partial charge in [0.05, 0.1) is 10.7 Å². The number of amides is 3. The summed E-state index contributed by atoms with van der Waals surface area (Å²) < 4.78 is 0. The van der Waals surface area contributed by atoms with Gasteiger partial charge in [0.1, 0.15) is 5.92 Å². The van der Waals surface area contributed by atoms with Crippen molar-refractivity contribution in [2.75, 3.05) is 12.4 Å². The zero-order chi connectivity index (χ0) is 17.4. The third-order valence-corrected chi connectivity index (χ3v) is 4.38. The first-order valence-corrected chi connectivity index (χ1v) is 7.82. The Morgan fingerprint density at radius 2 is 1.83 bits per heavy atom. The highest BCUT2D eigenvalue weighted by atomic mass is 35.5. The largest absolute Gasteiger partial charge is 0.324 e. The summed E-state index contributed by atoms with van der Waals surface area (Å²) in [5, 5.41) is 3.32. The number of hydrogen-bond donors (Lipinski definition) is 1. The van der Waals surface area contributed by atoms with Gasteiger partial charge in [-0.2, -0.15) is 0 Å². The number of benzene rings is 2. The molecule has 0 radical (unpaired) electrons. The molecule has 1 aliphatic heterocycles. The van der Waals surface area contributed by atoms with Crippen molar-refractivity contribution in [2.24, 2.45) is 0 Å². The van der Waals surface area contributed by atoms with E-state index in [1.807, 2.05) is 0 Å². The summed E-state index contributed by atoms with van der Waals surface area (Å²) in [5.41, 5.74) is 1.06. The number of nitrogens with one attached hydrogen (secondary N) is 1. The number of carbonyl (C=O) groups is 3. The number of hydrogen-bond acceptors (Lipinski definition) is 3. The Morgan fingerprint density at radius 3 is 2.54 bits per heavy atom. The van der Waals surface area contributed by atoms with Gasteiger partial charge in [0.2, 0.25) is 11.8 Å². The normalized spacial score (nSPS) is 16.8. The van der Waals surface area contributed by atoms with E-state index in [1.54, 1.807) is 36.4 Å². The van der Waals surface area contributed by atoms with Crippen LogP contribution in [0.5, 0.6) is 0 Å². The van der Waals surface area contributed by atoms with Crippen LogP contribution >= 0.6 is 23.2 Å². The van der Waals surface area contributed by atoms with Gasteiger partial charge in [0.25, 0.3) is 5.91 Å². The summed E-state index contributed by atoms with van der Waals surface area (Å²) in [4.78, 5) is 38.3. The molecule has 1 atom stereocenters. The Labute approximate surface area is 148 Å². The maximum Gasteiger partial charge on any atom is 0.260 e. The third kappa shape index (κ3) is 2.77. The lowest BCUT2D eigenvalue weighted by Crippen LogP contribution is -2.46. The first kappa shape index (κ1) is 16.5. The first-order chi connectivity index (χ1) is 11.4. The fourth-order valence-corrected chi connectivity index (χ4v) is 3.06. The average Bonchev–Trinajstić information content (AvgIpc) is 2.55. The molecule has 7 heteroatoms. The fourth-order valence-electron chi connectivity index (χ4n) is 2.60. The van der Waals surface area contributed by atoms with E-state index in [9.17, 15) is 14.4 Å². The SMILES string of the molecule is CN1C(=O)c2ccccc2[C@H](C(=O)Nc2ccc(Cl)cc2Cl)C1=O. The molecule has 0 fully saturated rings. The third-order valence-electron chi connectivity index (χ3n) is 3.84. The van der Waals surface area contributed by atoms with Gasteiger partial charge in [-0.3, -0.25) is 19.3 Å². The fraction of sp³-hybridized carbons (Fsp3) is 0.118. The molecule has 2 aromatic rings. The summed E-state index contributed by atoms with van der Waals surface area (Å²) in [6.45, 7) is 0. The van der Waals surface area contributed by atoms with Crippen LogP contribution in [-0.4, -0.2) is 29.7 Å². The number of nitrogens with zero attached hydrogens (tertiary/aromatic N) is 1. The second-order valence-electron chi connectivity index (χ2n) is 5.34. The number of anilines is 1. The summed E-state index contributed by atoms with van der Waals surface area (Å²) in [7, 11) is 1.36. The quantitative estimate of drug-likeness (QED) is 0.658. The van der Waals surface area contributed by atoms with E-state index in [-0.39, 0.29) is 5.02 Å². The monoisotopic (exact) mass is 362 g/mol. The molecule has 0 saturated carbocycles. The van der Waals surface area contributed by atoms with Gasteiger partial charge >= 0.3 is 0 Å². The summed E-state index contributed by atoms with van der Waals surface area (Å²) in [5.74, 6) is -2.68. The van der Waals surface area contributed by atoms with Crippen molar-refractivity contribution in [3.05, 3.63) is 63.6 Å². The second-order valence-corrected chi connectivity index (χ2v) is 6.18. The molecule has 3 amide bonds. The molecule has 1 N–H and O–H groups in total. The molecule has 1 aliphatic rings. The first-order valence-electron chi connectivity index (χ1n) is 7.07. The van der Waals surface area contributed by atoms with E-state index >= 15 is 0 Å². The van der Waals surface area contributed by atoms with Crippen molar-refractivity contribution < 1.29 is 14.4 Å². The van der Waals surface area contributed by atoms with Crippen LogP contribution in [0.2, 0.25) is 10.0 Å². The number of fused-ring (bicyclic) bond motifs is 1. The molecule has 0 saturated heterocycles. The van der Waals surface area contributed by atoms with E-state index < -0.39 is 23.6 Å². The smallest absolute Gasteiger partial charge is 0.260 e. The van der Waals surface area contributed by atoms with Crippen molar-refractivity contribution in [1.82, 2.24) is 4.90 Å². The molecule has 122 valence electrons. The van der Waals surface area contributed by atoms with E-state index in [0.717, 1.165) is 4.90 Å². The van der Waals surface area contributed by atoms with Crippen LogP contribution in [0.3, 0.4) is 0 Å². The van der Waals surface area contributed by atoms with Crippen molar-refractivity contribution in [3.8, 4) is 0 Å². The lowest BCUT2D eigenvalue weighted by molar-refractivity contribution is -0.134. The van der Waals surface area contributed by atoms with Gasteiger partial charge in [-0.1, -0.05) is 41.4 Å². The summed E-state index contributed by atoms with van der Waals surface area (Å²) in [6, 6.07) is 11.2. The summed E-state index contributed by atoms with van der Waals surface area (Å²) in [6.07, 6.45) is 0. The van der Waals surface area contributed by atoms with E-state index in [2.05, 4.69) is 5.32 Å². The summed E-state index contributed by atoms with van der Waals surface area (Å²) >= 11 is 11.9. The average molecular weight is 363 g/mol. The van der Waals surface area contributed by atoms with Gasteiger partial charge in [0.15, 0.2) is 0 Å². The molecule has 0 aliphatic carbocycles. The van der Waals surface area contributed by atoms with Gasteiger partial charge in [0, 0.05) is 17.6 Å². The van der Waals surface area contributed by atoms with Crippen LogP contribution in [0.15, 0.2) is 42.5 Å². The Morgan fingerprint density at radius 1 is 1.12 bits per heavy atom. The van der Waals surface area contributed by atoms with Crippen molar-refractivity contribution in [2.45, 2.75) is 5.92 Å². The molecule has 24 heavy (non-hydrogen) atoms. The van der Waals surface area contributed by atoms with Crippen molar-refractivity contribution >= 4 is 46.6 Å². The molecule has 0 bridgehead atoms. The van der Waals surface area contributed by atoms with Gasteiger partial charge in [-0.05, 0) is 29.8 Å². The molecular weight excluding hydrogens is 351 g/mol. The molecule has 0 spiro atoms. The zero-order valence-electron chi connectivity index (χ0n) is 12.5. The van der Waals surface area contributed by atoms with Crippen LogP contribution < -0.4 is 5.32 Å². The van der Waals surface area contributed by atoms with Gasteiger partial charge in [-0.15, -0.1) is 0 Å². The minimum absolute atomic E-state index is 0.261. The Balaban J connectivity index is 1.98. The number of rotatable bonds is 2. The Bertz CT molecular complexity index is 867. The maximum absolute atomic E-state index is 12.7. The Hall–Kier alpha value is -2.37. The van der Waals surface area contributed by atoms with E-state index in [4.69, 9.17) is 23.2 Å². The minimum Gasteiger partial charge on any atom is -0.324 e. The molecule has 1 heterocycles. The predicted molar refractivity (Wildman–Crippen MR) is 91.4 cm³/mol. The minimum atomic E-state index is -1.12. The highest BCUT2D eigenvalue weighted by molar-refractivity contribution is 6.37. The molecule has 0 aromatic heterocycles. The Kier molecular flexibility index (Phi) is 4.30. The number of halogens is 2. The lowest BCUT2D eigenvalue weighted by atomic mass is 9.88. The molecule has 2 aromatic carbocycles. The van der Waals surface area contributed by atoms with E-state index in [1.165, 1.54) is 13.1 Å². The number of carbonyl (C=O) groups excluding carboxylic acids is 3. The zero-order valence-corrected chi connectivity index (χ0v) is 14.1. The standard InChI is InChI=1S/C17H12Cl2N2O3/c1-21-16(23)11-5-3-2-4-10(11)14(17(21)24)15(22)20-13-7-6-9(18)8-12(13)19/h2-8,14H,1H3,(H,20,22)/t14-/m1/s1. The van der Waals surface area contributed by atoms with Gasteiger partial charge < -0.3 is 5.32 Å². The second kappa shape index (κ2) is 6.26. The van der Waals surface area contributed by atoms with Crippen LogP contribution in [-0.2, 0) is 9.59 Å². The highest BCUT2D eigenvalue weighted by Gasteiger charge is 2.40. The molecule has 5 nitrogen and oxygen atoms in total. The number of likely N-dealkylation sites (N-methyl/N-ethyl adjacent to an activating group) is 1. The maximum atomic E-state index is 12.7. The number of imide groups is 1. The van der Waals surface area contributed by atoms with Crippen molar-refractivity contribution in [1.29, 1.82) is 0 Å². The molecular formula is C17H12Cl2N2O3. The van der Waals surface area contributed by atoms with Gasteiger partial charge in [-0.25, -0.2) is 0 Å². The topological polar surface area (TPSA) is 66.5 Å².